The van der Waals surface area contributed by atoms with E-state index in [4.69, 9.17) is 4.74 Å². The average Bonchev–Trinajstić information content (AvgIpc) is 3.23. The van der Waals surface area contributed by atoms with Gasteiger partial charge in [0.05, 0.1) is 24.1 Å². The molecule has 3 aromatic heterocycles. The number of ether oxygens (including phenoxy) is 1. The molecule has 0 radical (unpaired) electrons. The Labute approximate surface area is 173 Å². The quantitative estimate of drug-likeness (QED) is 0.479. The Morgan fingerprint density at radius 3 is 2.65 bits per heavy atom. The molecule has 0 amide bonds. The molecule has 1 atom stereocenters. The zero-order valence-corrected chi connectivity index (χ0v) is 16.6. The van der Waals surface area contributed by atoms with E-state index >= 15 is 0 Å². The number of anilines is 1. The van der Waals surface area contributed by atoms with Gasteiger partial charge < -0.3 is 10.1 Å². The van der Waals surface area contributed by atoms with E-state index in [0.29, 0.717) is 16.9 Å². The molecule has 160 valence electrons. The summed E-state index contributed by atoms with van der Waals surface area (Å²) in [6, 6.07) is 4.54. The van der Waals surface area contributed by atoms with E-state index in [-0.39, 0.29) is 22.6 Å². The van der Waals surface area contributed by atoms with E-state index in [9.17, 15) is 18.0 Å². The van der Waals surface area contributed by atoms with Gasteiger partial charge in [-0.25, -0.2) is 27.9 Å². The van der Waals surface area contributed by atoms with Crippen molar-refractivity contribution in [3.8, 4) is 0 Å². The van der Waals surface area contributed by atoms with Crippen LogP contribution in [0.2, 0.25) is 0 Å². The van der Waals surface area contributed by atoms with Crippen LogP contribution in [0.3, 0.4) is 0 Å². The second-order valence-corrected chi connectivity index (χ2v) is 6.74. The minimum Gasteiger partial charge on any atom is -0.465 e. The minimum absolute atomic E-state index is 0.0407. The van der Waals surface area contributed by atoms with E-state index < -0.39 is 29.8 Å². The number of nitrogens with zero attached hydrogens (tertiary/aromatic N) is 6. The van der Waals surface area contributed by atoms with Crippen molar-refractivity contribution in [2.45, 2.75) is 26.3 Å². The van der Waals surface area contributed by atoms with Crippen molar-refractivity contribution in [3.63, 3.8) is 0 Å². The summed E-state index contributed by atoms with van der Waals surface area (Å²) in [5, 5.41) is 14.7. The number of hydrogen-bond acceptors (Lipinski definition) is 8. The molecular formula is C19H16F3N7O2. The van der Waals surface area contributed by atoms with E-state index in [1.54, 1.807) is 13.8 Å². The van der Waals surface area contributed by atoms with Crippen LogP contribution in [-0.2, 0) is 4.74 Å². The van der Waals surface area contributed by atoms with E-state index in [1.807, 2.05) is 0 Å². The predicted molar refractivity (Wildman–Crippen MR) is 103 cm³/mol. The molecule has 0 saturated carbocycles. The topological polar surface area (TPSA) is 107 Å². The van der Waals surface area contributed by atoms with Crippen molar-refractivity contribution in [2.24, 2.45) is 0 Å². The fourth-order valence-electron chi connectivity index (χ4n) is 3.29. The van der Waals surface area contributed by atoms with Crippen LogP contribution in [0.4, 0.5) is 19.0 Å². The van der Waals surface area contributed by atoms with Crippen molar-refractivity contribution in [3.05, 3.63) is 52.6 Å². The highest BCUT2D eigenvalue weighted by atomic mass is 19.3. The molecule has 1 N–H and O–H groups in total. The van der Waals surface area contributed by atoms with Gasteiger partial charge in [-0.05, 0) is 30.3 Å². The van der Waals surface area contributed by atoms with E-state index in [0.717, 1.165) is 6.07 Å². The molecule has 4 rings (SSSR count). The molecule has 0 saturated heterocycles. The number of aromatic nitrogens is 6. The fraction of sp³-hybridized carbons (Fsp3) is 0.263. The molecule has 12 heteroatoms. The molecule has 0 aliphatic carbocycles. The lowest BCUT2D eigenvalue weighted by atomic mass is 10.0. The molecule has 1 aromatic carbocycles. The van der Waals surface area contributed by atoms with Crippen molar-refractivity contribution in [1.29, 1.82) is 0 Å². The average molecular weight is 431 g/mol. The van der Waals surface area contributed by atoms with Gasteiger partial charge in [0.15, 0.2) is 11.3 Å². The maximum Gasteiger partial charge on any atom is 0.341 e. The highest BCUT2D eigenvalue weighted by molar-refractivity contribution is 6.01. The summed E-state index contributed by atoms with van der Waals surface area (Å²) in [5.74, 6) is -1.06. The summed E-state index contributed by atoms with van der Waals surface area (Å²) >= 11 is 0. The van der Waals surface area contributed by atoms with Gasteiger partial charge in [-0.15, -0.1) is 5.10 Å². The van der Waals surface area contributed by atoms with Crippen LogP contribution in [0.25, 0.3) is 16.7 Å². The summed E-state index contributed by atoms with van der Waals surface area (Å²) in [6.45, 7) is 3.24. The second-order valence-electron chi connectivity index (χ2n) is 6.74. The van der Waals surface area contributed by atoms with Crippen LogP contribution in [0.5, 0.6) is 0 Å². The first kappa shape index (κ1) is 20.4. The van der Waals surface area contributed by atoms with Crippen molar-refractivity contribution in [2.75, 3.05) is 12.4 Å². The minimum atomic E-state index is -2.94. The maximum absolute atomic E-state index is 14.6. The number of pyridine rings is 1. The summed E-state index contributed by atoms with van der Waals surface area (Å²) in [6.07, 6.45) is -2.94. The molecule has 0 fully saturated rings. The Balaban J connectivity index is 1.86. The lowest BCUT2D eigenvalue weighted by Crippen LogP contribution is -2.14. The zero-order chi connectivity index (χ0) is 22.3. The molecular weight excluding hydrogens is 415 g/mol. The molecule has 0 aliphatic heterocycles. The number of halogens is 3. The fourth-order valence-corrected chi connectivity index (χ4v) is 3.29. The van der Waals surface area contributed by atoms with Crippen LogP contribution in [0, 0.1) is 12.7 Å². The normalized spacial score (nSPS) is 12.5. The summed E-state index contributed by atoms with van der Waals surface area (Å²) < 4.78 is 46.8. The standard InChI is InChI=1S/C19H16F3N7O2/c1-8(10-5-4-6-11(14(10)20)15(21)22)23-16-12-7-13(19(30)31-3)18-26-27-28-29(18)17(12)25-9(2)24-16/h4-8,15H,1-3H3,(H,23,24,25)/t8-/m1/s1. The Kier molecular flexibility index (Phi) is 5.13. The number of fused-ring (bicyclic) bond motifs is 3. The van der Waals surface area contributed by atoms with Gasteiger partial charge in [0.2, 0.25) is 0 Å². The Hall–Kier alpha value is -3.83. The van der Waals surface area contributed by atoms with Crippen molar-refractivity contribution in [1.82, 2.24) is 30.0 Å². The van der Waals surface area contributed by atoms with E-state index in [2.05, 4.69) is 30.8 Å². The van der Waals surface area contributed by atoms with Crippen LogP contribution >= 0.6 is 0 Å². The molecule has 0 aliphatic rings. The van der Waals surface area contributed by atoms with Crippen LogP contribution in [0.1, 0.15) is 46.7 Å². The number of carbonyl (C=O) groups is 1. The third kappa shape index (κ3) is 3.49. The summed E-state index contributed by atoms with van der Waals surface area (Å²) in [4.78, 5) is 20.9. The molecule has 9 nitrogen and oxygen atoms in total. The van der Waals surface area contributed by atoms with Crippen molar-refractivity contribution >= 4 is 28.5 Å². The van der Waals surface area contributed by atoms with Gasteiger partial charge in [0.25, 0.3) is 6.43 Å². The van der Waals surface area contributed by atoms with Gasteiger partial charge in [-0.1, -0.05) is 18.2 Å². The number of hydrogen-bond donors (Lipinski definition) is 1. The monoisotopic (exact) mass is 431 g/mol. The number of aryl methyl sites for hydroxylation is 1. The highest BCUT2D eigenvalue weighted by Gasteiger charge is 2.23. The lowest BCUT2D eigenvalue weighted by molar-refractivity contribution is 0.0602. The summed E-state index contributed by atoms with van der Waals surface area (Å²) in [5.41, 5.74) is -0.116. The van der Waals surface area contributed by atoms with Gasteiger partial charge in [0, 0.05) is 5.56 Å². The molecule has 3 heterocycles. The Bertz CT molecular complexity index is 1310. The van der Waals surface area contributed by atoms with E-state index in [1.165, 1.54) is 29.8 Å². The number of benzene rings is 1. The highest BCUT2D eigenvalue weighted by Crippen LogP contribution is 2.31. The SMILES string of the molecule is COC(=O)c1cc2c(N[C@H](C)c3cccc(C(F)F)c3F)nc(C)nc2n2nnnc12. The largest absolute Gasteiger partial charge is 0.465 e. The molecule has 4 aromatic rings. The number of alkyl halides is 2. The van der Waals surface area contributed by atoms with Crippen molar-refractivity contribution < 1.29 is 22.7 Å². The van der Waals surface area contributed by atoms with Gasteiger partial charge in [-0.2, -0.15) is 4.52 Å². The zero-order valence-electron chi connectivity index (χ0n) is 16.6. The maximum atomic E-state index is 14.6. The number of rotatable bonds is 5. The number of esters is 1. The second kappa shape index (κ2) is 7.78. The number of carbonyl (C=O) groups excluding carboxylic acids is 1. The number of methoxy groups -OCH3 is 1. The number of tetrazole rings is 1. The van der Waals surface area contributed by atoms with Crippen LogP contribution in [-0.4, -0.2) is 43.1 Å². The molecule has 0 bridgehead atoms. The predicted octanol–water partition coefficient (Wildman–Crippen LogP) is 3.41. The number of nitrogens with one attached hydrogen (secondary N) is 1. The Morgan fingerprint density at radius 2 is 1.94 bits per heavy atom. The molecule has 0 spiro atoms. The first-order chi connectivity index (χ1) is 14.8. The molecule has 0 unspecified atom stereocenters. The third-order valence-electron chi connectivity index (χ3n) is 4.76. The van der Waals surface area contributed by atoms with Gasteiger partial charge in [0.1, 0.15) is 23.0 Å². The third-order valence-corrected chi connectivity index (χ3v) is 4.76. The van der Waals surface area contributed by atoms with Gasteiger partial charge >= 0.3 is 5.97 Å². The first-order valence-electron chi connectivity index (χ1n) is 9.12. The van der Waals surface area contributed by atoms with Crippen LogP contribution < -0.4 is 5.32 Å². The smallest absolute Gasteiger partial charge is 0.341 e. The Morgan fingerprint density at radius 1 is 1.19 bits per heavy atom. The van der Waals surface area contributed by atoms with Crippen LogP contribution in [0.15, 0.2) is 24.3 Å². The lowest BCUT2D eigenvalue weighted by Gasteiger charge is -2.19. The first-order valence-corrected chi connectivity index (χ1v) is 9.12. The molecule has 31 heavy (non-hydrogen) atoms. The summed E-state index contributed by atoms with van der Waals surface area (Å²) in [7, 11) is 1.22. The van der Waals surface area contributed by atoms with Gasteiger partial charge in [-0.3, -0.25) is 0 Å².